The number of nitrogens with zero attached hydrogens (tertiary/aromatic N) is 2. The van der Waals surface area contributed by atoms with Gasteiger partial charge in [0.15, 0.2) is 5.13 Å². The van der Waals surface area contributed by atoms with E-state index in [1.165, 1.54) is 5.56 Å². The molecule has 2 aliphatic rings. The summed E-state index contributed by atoms with van der Waals surface area (Å²) >= 11 is 1.65. The molecule has 1 aromatic heterocycles. The second-order valence-electron chi connectivity index (χ2n) is 7.55. The van der Waals surface area contributed by atoms with Gasteiger partial charge in [0.25, 0.3) is 6.47 Å². The number of hydrogen-bond acceptors (Lipinski definition) is 6. The van der Waals surface area contributed by atoms with Crippen molar-refractivity contribution in [1.82, 2.24) is 9.88 Å². The molecule has 4 rings (SSSR count). The van der Waals surface area contributed by atoms with Crippen molar-refractivity contribution >= 4 is 28.8 Å². The molecule has 30 heavy (non-hydrogen) atoms. The third-order valence-corrected chi connectivity index (χ3v) is 6.89. The van der Waals surface area contributed by atoms with Crippen LogP contribution in [0.3, 0.4) is 0 Å². The second kappa shape index (κ2) is 10.5. The number of benzene rings is 1. The Hall–Kier alpha value is -2.45. The summed E-state index contributed by atoms with van der Waals surface area (Å²) in [5.74, 6) is 0.451. The van der Waals surface area contributed by atoms with Crippen molar-refractivity contribution < 1.29 is 19.4 Å². The fourth-order valence-electron chi connectivity index (χ4n) is 4.37. The highest BCUT2D eigenvalue weighted by Crippen LogP contribution is 2.43. The van der Waals surface area contributed by atoms with Gasteiger partial charge in [0.05, 0.1) is 5.69 Å². The van der Waals surface area contributed by atoms with E-state index in [9.17, 15) is 4.79 Å². The number of nitrogens with one attached hydrogen (secondary N) is 1. The molecule has 2 fully saturated rings. The molecule has 2 saturated heterocycles. The van der Waals surface area contributed by atoms with E-state index >= 15 is 0 Å². The zero-order chi connectivity index (χ0) is 21.4. The van der Waals surface area contributed by atoms with E-state index < -0.39 is 0 Å². The summed E-state index contributed by atoms with van der Waals surface area (Å²) in [5.41, 5.74) is 2.32. The van der Waals surface area contributed by atoms with Gasteiger partial charge in [-0.15, -0.1) is 11.3 Å². The molecule has 0 aliphatic carbocycles. The largest absolute Gasteiger partial charge is 0.483 e. The van der Waals surface area contributed by atoms with Crippen LogP contribution in [0.1, 0.15) is 36.9 Å². The number of anilines is 1. The van der Waals surface area contributed by atoms with Gasteiger partial charge in [-0.1, -0.05) is 30.3 Å². The van der Waals surface area contributed by atoms with Gasteiger partial charge in [-0.3, -0.25) is 9.59 Å². The molecular weight excluding hydrogens is 402 g/mol. The molecule has 1 amide bonds. The molecule has 0 unspecified atom stereocenters. The van der Waals surface area contributed by atoms with Crippen LogP contribution in [0, 0.1) is 5.92 Å². The quantitative estimate of drug-likeness (QED) is 0.723. The highest BCUT2D eigenvalue weighted by Gasteiger charge is 2.41. The fourth-order valence-corrected chi connectivity index (χ4v) is 5.14. The summed E-state index contributed by atoms with van der Waals surface area (Å²) in [6, 6.07) is 10.7. The minimum absolute atomic E-state index is 0.112. The van der Waals surface area contributed by atoms with E-state index in [4.69, 9.17) is 19.6 Å². The number of carboxylic acid groups (broad SMARTS) is 1. The Morgan fingerprint density at radius 2 is 1.90 bits per heavy atom. The first-order valence-electron chi connectivity index (χ1n) is 10.3. The van der Waals surface area contributed by atoms with Gasteiger partial charge in [0, 0.05) is 50.1 Å². The maximum Gasteiger partial charge on any atom is 0.290 e. The third-order valence-electron chi connectivity index (χ3n) is 6.03. The molecule has 2 aliphatic heterocycles. The number of rotatable bonds is 4. The summed E-state index contributed by atoms with van der Waals surface area (Å²) in [4.78, 5) is 28.2. The van der Waals surface area contributed by atoms with Crippen molar-refractivity contribution in [1.29, 1.82) is 0 Å². The Morgan fingerprint density at radius 3 is 2.47 bits per heavy atom. The van der Waals surface area contributed by atoms with Crippen LogP contribution < -0.4 is 5.32 Å². The lowest BCUT2D eigenvalue weighted by molar-refractivity contribution is -0.140. The first kappa shape index (κ1) is 22.2. The van der Waals surface area contributed by atoms with E-state index in [1.54, 1.807) is 11.3 Å². The number of amides is 1. The summed E-state index contributed by atoms with van der Waals surface area (Å²) in [6.45, 7) is 2.75. The van der Waals surface area contributed by atoms with E-state index in [1.807, 2.05) is 7.05 Å². The Kier molecular flexibility index (Phi) is 7.81. The molecule has 0 spiro atoms. The number of likely N-dealkylation sites (tertiary alicyclic amines) is 1. The molecule has 2 aromatic rings. The van der Waals surface area contributed by atoms with E-state index in [0.717, 1.165) is 49.6 Å². The van der Waals surface area contributed by atoms with Crippen molar-refractivity contribution in [2.45, 2.75) is 31.1 Å². The minimum atomic E-state index is -0.250. The Balaban J connectivity index is 0.000000806. The maximum atomic E-state index is 12.9. The van der Waals surface area contributed by atoms with Crippen LogP contribution in [0.25, 0.3) is 0 Å². The predicted octanol–water partition coefficient (Wildman–Crippen LogP) is 3.22. The summed E-state index contributed by atoms with van der Waals surface area (Å²) in [6.07, 6.45) is 3.55. The molecular formula is C22H29N3O4S. The van der Waals surface area contributed by atoms with Gasteiger partial charge in [-0.25, -0.2) is 4.98 Å². The summed E-state index contributed by atoms with van der Waals surface area (Å²) in [7, 11) is 1.91. The molecule has 0 radical (unpaired) electrons. The smallest absolute Gasteiger partial charge is 0.290 e. The van der Waals surface area contributed by atoms with Gasteiger partial charge < -0.3 is 20.1 Å². The minimum Gasteiger partial charge on any atom is -0.483 e. The number of thiazole rings is 1. The number of carbonyl (C=O) groups is 2. The first-order chi connectivity index (χ1) is 14.6. The van der Waals surface area contributed by atoms with Gasteiger partial charge in [0.2, 0.25) is 5.91 Å². The van der Waals surface area contributed by atoms with Gasteiger partial charge in [0.1, 0.15) is 0 Å². The van der Waals surface area contributed by atoms with Crippen LogP contribution >= 0.6 is 11.3 Å². The SMILES string of the molecule is CNc1nc(C2(c3ccccc3)CCN(C(=O)C3CCOCC3)CC2)cs1.O=CO. The van der Waals surface area contributed by atoms with Crippen LogP contribution in [0.15, 0.2) is 35.7 Å². The van der Waals surface area contributed by atoms with Crippen LogP contribution in [0.5, 0.6) is 0 Å². The predicted molar refractivity (Wildman–Crippen MR) is 117 cm³/mol. The zero-order valence-electron chi connectivity index (χ0n) is 17.3. The number of hydrogen-bond donors (Lipinski definition) is 2. The van der Waals surface area contributed by atoms with Crippen molar-refractivity contribution in [2.24, 2.45) is 5.92 Å². The average molecular weight is 432 g/mol. The molecule has 2 N–H and O–H groups in total. The molecule has 0 saturated carbocycles. The van der Waals surface area contributed by atoms with Gasteiger partial charge in [-0.05, 0) is 31.2 Å². The van der Waals surface area contributed by atoms with Crippen LogP contribution in [0.4, 0.5) is 5.13 Å². The lowest BCUT2D eigenvalue weighted by Crippen LogP contribution is -2.48. The Bertz CT molecular complexity index is 813. The highest BCUT2D eigenvalue weighted by atomic mass is 32.1. The number of aromatic nitrogens is 1. The molecule has 8 heteroatoms. The maximum absolute atomic E-state index is 12.9. The summed E-state index contributed by atoms with van der Waals surface area (Å²) in [5, 5.41) is 13.2. The highest BCUT2D eigenvalue weighted by molar-refractivity contribution is 7.13. The third kappa shape index (κ3) is 4.82. The monoisotopic (exact) mass is 431 g/mol. The molecule has 0 bridgehead atoms. The topological polar surface area (TPSA) is 91.8 Å². The van der Waals surface area contributed by atoms with Crippen LogP contribution in [-0.4, -0.2) is 60.7 Å². The Morgan fingerprint density at radius 1 is 1.27 bits per heavy atom. The van der Waals surface area contributed by atoms with Gasteiger partial charge in [-0.2, -0.15) is 0 Å². The van der Waals surface area contributed by atoms with Crippen LogP contribution in [0.2, 0.25) is 0 Å². The van der Waals surface area contributed by atoms with E-state index in [0.29, 0.717) is 19.1 Å². The molecule has 162 valence electrons. The fraction of sp³-hybridized carbons (Fsp3) is 0.500. The van der Waals surface area contributed by atoms with E-state index in [-0.39, 0.29) is 17.8 Å². The summed E-state index contributed by atoms with van der Waals surface area (Å²) < 4.78 is 5.42. The molecule has 3 heterocycles. The van der Waals surface area contributed by atoms with Crippen LogP contribution in [-0.2, 0) is 19.7 Å². The molecule has 7 nitrogen and oxygen atoms in total. The number of carbonyl (C=O) groups excluding carboxylic acids is 1. The number of piperidine rings is 1. The average Bonchev–Trinajstić information content (AvgIpc) is 3.30. The lowest BCUT2D eigenvalue weighted by Gasteiger charge is -2.42. The normalized spacial score (nSPS) is 18.8. The second-order valence-corrected chi connectivity index (χ2v) is 8.41. The van der Waals surface area contributed by atoms with E-state index in [2.05, 4.69) is 45.9 Å². The molecule has 1 aromatic carbocycles. The molecule has 0 atom stereocenters. The first-order valence-corrected chi connectivity index (χ1v) is 11.2. The van der Waals surface area contributed by atoms with Crippen molar-refractivity contribution in [3.05, 3.63) is 47.0 Å². The zero-order valence-corrected chi connectivity index (χ0v) is 18.1. The Labute approximate surface area is 181 Å². The standard InChI is InChI=1S/C21H27N3O2S.CH2O2/c1-22-20-23-18(15-27-20)21(17-5-3-2-4-6-17)9-11-24(12-10-21)19(25)16-7-13-26-14-8-16;2-1-3/h2-6,15-16H,7-14H2,1H3,(H,22,23);1H,(H,2,3). The van der Waals surface area contributed by atoms with Crippen molar-refractivity contribution in [2.75, 3.05) is 38.7 Å². The number of ether oxygens (including phenoxy) is 1. The lowest BCUT2D eigenvalue weighted by atomic mass is 9.70. The van der Waals surface area contributed by atoms with Gasteiger partial charge >= 0.3 is 0 Å². The van der Waals surface area contributed by atoms with Crippen molar-refractivity contribution in [3.63, 3.8) is 0 Å². The van der Waals surface area contributed by atoms with Crippen molar-refractivity contribution in [3.8, 4) is 0 Å².